The highest BCUT2D eigenvalue weighted by Gasteiger charge is 2.55. The molecule has 2 heterocycles. The van der Waals surface area contributed by atoms with Crippen molar-refractivity contribution in [3.05, 3.63) is 59.9 Å². The molecule has 1 aromatic carbocycles. The topological polar surface area (TPSA) is 56.3 Å². The van der Waals surface area contributed by atoms with E-state index in [0.717, 1.165) is 25.0 Å². The smallest absolute Gasteiger partial charge is 0.416 e. The highest BCUT2D eigenvalue weighted by atomic mass is 19.4. The van der Waals surface area contributed by atoms with Gasteiger partial charge in [0.15, 0.2) is 0 Å². The van der Waals surface area contributed by atoms with Crippen LogP contribution in [0.4, 0.5) is 13.2 Å². The molecular weight excluding hydrogens is 443 g/mol. The molecule has 2 aliphatic carbocycles. The molecule has 0 bridgehead atoms. The first-order valence-corrected chi connectivity index (χ1v) is 11.8. The van der Waals surface area contributed by atoms with E-state index in [-0.39, 0.29) is 47.4 Å². The fourth-order valence-electron chi connectivity index (χ4n) is 6.16. The van der Waals surface area contributed by atoms with E-state index < -0.39 is 11.7 Å². The first kappa shape index (κ1) is 22.8. The van der Waals surface area contributed by atoms with Crippen molar-refractivity contribution in [3.8, 4) is 11.1 Å². The van der Waals surface area contributed by atoms with E-state index in [1.54, 1.807) is 24.4 Å². The van der Waals surface area contributed by atoms with E-state index in [2.05, 4.69) is 11.1 Å². The number of esters is 1. The lowest BCUT2D eigenvalue weighted by atomic mass is 9.57. The number of hydrogen-bond donors (Lipinski definition) is 0. The first-order chi connectivity index (χ1) is 16.2. The zero-order chi connectivity index (χ0) is 24.0. The largest absolute Gasteiger partial charge is 0.462 e. The van der Waals surface area contributed by atoms with E-state index in [0.29, 0.717) is 29.7 Å². The molecule has 4 nitrogen and oxygen atoms in total. The summed E-state index contributed by atoms with van der Waals surface area (Å²) in [6.45, 7) is 1.93. The molecule has 0 N–H and O–H groups in total. The van der Waals surface area contributed by atoms with Crippen LogP contribution >= 0.6 is 0 Å². The number of halogens is 3. The molecule has 3 aliphatic rings. The van der Waals surface area contributed by atoms with Gasteiger partial charge >= 0.3 is 12.1 Å². The van der Waals surface area contributed by atoms with Gasteiger partial charge in [-0.05, 0) is 67.9 Å². The van der Waals surface area contributed by atoms with Crippen LogP contribution in [0.2, 0.25) is 0 Å². The lowest BCUT2D eigenvalue weighted by Gasteiger charge is -2.44. The van der Waals surface area contributed by atoms with Crippen LogP contribution in [0, 0.1) is 29.6 Å². The van der Waals surface area contributed by atoms with Crippen molar-refractivity contribution in [1.29, 1.82) is 0 Å². The molecule has 0 radical (unpaired) electrons. The number of carbonyl (C=O) groups excluding carboxylic acids is 2. The summed E-state index contributed by atoms with van der Waals surface area (Å²) < 4.78 is 44.7. The van der Waals surface area contributed by atoms with Gasteiger partial charge in [0.25, 0.3) is 0 Å². The van der Waals surface area contributed by atoms with E-state index in [4.69, 9.17) is 4.74 Å². The number of carbonyl (C=O) groups is 2. The molecule has 6 atom stereocenters. The van der Waals surface area contributed by atoms with Gasteiger partial charge in [-0.2, -0.15) is 13.2 Å². The van der Waals surface area contributed by atoms with Crippen molar-refractivity contribution in [2.24, 2.45) is 29.6 Å². The number of pyridine rings is 1. The summed E-state index contributed by atoms with van der Waals surface area (Å²) in [5, 5.41) is 0. The third kappa shape index (κ3) is 4.17. The van der Waals surface area contributed by atoms with Crippen molar-refractivity contribution >= 4 is 17.8 Å². The first-order valence-electron chi connectivity index (χ1n) is 11.8. The second kappa shape index (κ2) is 8.67. The molecule has 7 heteroatoms. The molecule has 2 saturated carbocycles. The highest BCUT2D eigenvalue weighted by molar-refractivity contribution is 5.84. The number of allylic oxidation sites excluding steroid dienone is 1. The number of aromatic nitrogens is 1. The number of hydrogen-bond acceptors (Lipinski definition) is 4. The minimum absolute atomic E-state index is 0.0411. The Balaban J connectivity index is 1.39. The van der Waals surface area contributed by atoms with Gasteiger partial charge in [0.05, 0.1) is 17.2 Å². The molecule has 178 valence electrons. The van der Waals surface area contributed by atoms with Gasteiger partial charge < -0.3 is 4.74 Å². The van der Waals surface area contributed by atoms with Crippen LogP contribution in [-0.2, 0) is 20.5 Å². The summed E-state index contributed by atoms with van der Waals surface area (Å²) in [6, 6.07) is 8.71. The van der Waals surface area contributed by atoms with Crippen LogP contribution < -0.4 is 0 Å². The van der Waals surface area contributed by atoms with Crippen LogP contribution in [0.1, 0.15) is 43.9 Å². The molecule has 0 spiro atoms. The standard InChI is InChI=1S/C27H26F3NO3/c1-15-25-21(20-6-3-7-24(32)22(20)13-23(25)26(33)34-15)11-10-19-9-8-17(14-31-19)16-4-2-5-18(12-16)27(28,29)30/h2,4-5,8-12,14-15,20-23,25H,3,6-7,13H2,1H3/b11-10+/t15-,20?,21+,22?,23?,25?/m1/s1. The minimum Gasteiger partial charge on any atom is -0.462 e. The number of fused-ring (bicyclic) bond motifs is 2. The Labute approximate surface area is 196 Å². The van der Waals surface area contributed by atoms with Gasteiger partial charge in [0, 0.05) is 30.0 Å². The molecule has 1 aromatic heterocycles. The van der Waals surface area contributed by atoms with E-state index in [1.807, 2.05) is 13.0 Å². The number of alkyl halides is 3. The normalized spacial score (nSPS) is 31.3. The van der Waals surface area contributed by atoms with Gasteiger partial charge in [-0.1, -0.05) is 24.3 Å². The zero-order valence-electron chi connectivity index (χ0n) is 18.8. The minimum atomic E-state index is -4.40. The SMILES string of the molecule is C[C@H]1OC(=O)C2CC3C(=O)CCCC3[C@H](/C=C/c3ccc(-c4cccc(C(F)(F)F)c4)cn3)C21. The Morgan fingerprint density at radius 1 is 1.09 bits per heavy atom. The van der Waals surface area contributed by atoms with Gasteiger partial charge in [0.2, 0.25) is 0 Å². The quantitative estimate of drug-likeness (QED) is 0.520. The number of nitrogens with zero attached hydrogens (tertiary/aromatic N) is 1. The summed E-state index contributed by atoms with van der Waals surface area (Å²) in [6.07, 6.45) is 3.94. The van der Waals surface area contributed by atoms with Gasteiger partial charge in [0.1, 0.15) is 11.9 Å². The molecule has 4 unspecified atom stereocenters. The Morgan fingerprint density at radius 3 is 2.65 bits per heavy atom. The molecule has 5 rings (SSSR count). The summed E-state index contributed by atoms with van der Waals surface area (Å²) in [4.78, 5) is 29.5. The Hall–Kier alpha value is -2.96. The van der Waals surface area contributed by atoms with Gasteiger partial charge in [-0.3, -0.25) is 14.6 Å². The molecule has 0 amide bonds. The molecule has 1 saturated heterocycles. The van der Waals surface area contributed by atoms with Crippen LogP contribution in [0.5, 0.6) is 0 Å². The predicted molar refractivity (Wildman–Crippen MR) is 120 cm³/mol. The maximum absolute atomic E-state index is 13.0. The van der Waals surface area contributed by atoms with Gasteiger partial charge in [-0.25, -0.2) is 0 Å². The van der Waals surface area contributed by atoms with Crippen molar-refractivity contribution in [2.75, 3.05) is 0 Å². The zero-order valence-corrected chi connectivity index (χ0v) is 18.8. The number of cyclic esters (lactones) is 1. The molecular formula is C27H26F3NO3. The summed E-state index contributed by atoms with van der Waals surface area (Å²) in [7, 11) is 0. The van der Waals surface area contributed by atoms with Crippen molar-refractivity contribution in [2.45, 2.75) is 44.9 Å². The lowest BCUT2D eigenvalue weighted by Crippen LogP contribution is -2.45. The molecule has 3 fully saturated rings. The third-order valence-electron chi connectivity index (χ3n) is 7.75. The van der Waals surface area contributed by atoms with Crippen molar-refractivity contribution < 1.29 is 27.5 Å². The summed E-state index contributed by atoms with van der Waals surface area (Å²) >= 11 is 0. The van der Waals surface area contributed by atoms with Crippen molar-refractivity contribution in [3.63, 3.8) is 0 Å². The number of ketones is 1. The highest BCUT2D eigenvalue weighted by Crippen LogP contribution is 2.52. The molecule has 1 aliphatic heterocycles. The Kier molecular flexibility index (Phi) is 5.82. The number of ether oxygens (including phenoxy) is 1. The fraction of sp³-hybridized carbons (Fsp3) is 0.444. The van der Waals surface area contributed by atoms with Gasteiger partial charge in [-0.15, -0.1) is 0 Å². The number of Topliss-reactive ketones (excluding diaryl/α,β-unsaturated/α-hetero) is 1. The van der Waals surface area contributed by atoms with Crippen LogP contribution in [0.15, 0.2) is 48.7 Å². The second-order valence-electron chi connectivity index (χ2n) is 9.68. The Bertz CT molecular complexity index is 1120. The lowest BCUT2D eigenvalue weighted by molar-refractivity contribution is -0.145. The Morgan fingerprint density at radius 2 is 1.91 bits per heavy atom. The number of benzene rings is 1. The monoisotopic (exact) mass is 469 g/mol. The number of rotatable bonds is 3. The van der Waals surface area contributed by atoms with E-state index in [9.17, 15) is 22.8 Å². The van der Waals surface area contributed by atoms with Crippen LogP contribution in [-0.4, -0.2) is 22.8 Å². The van der Waals surface area contributed by atoms with Crippen LogP contribution in [0.3, 0.4) is 0 Å². The third-order valence-corrected chi connectivity index (χ3v) is 7.75. The predicted octanol–water partition coefficient (Wildman–Crippen LogP) is 5.96. The van der Waals surface area contributed by atoms with Crippen LogP contribution in [0.25, 0.3) is 17.2 Å². The fourth-order valence-corrected chi connectivity index (χ4v) is 6.16. The second-order valence-corrected chi connectivity index (χ2v) is 9.68. The average Bonchev–Trinajstić information content (AvgIpc) is 3.10. The summed E-state index contributed by atoms with van der Waals surface area (Å²) in [5.74, 6) is -0.0111. The van der Waals surface area contributed by atoms with Crippen molar-refractivity contribution in [1.82, 2.24) is 4.98 Å². The molecule has 2 aromatic rings. The summed E-state index contributed by atoms with van der Waals surface area (Å²) in [5.41, 5.74) is 1.03. The maximum Gasteiger partial charge on any atom is 0.416 e. The average molecular weight is 470 g/mol. The molecule has 34 heavy (non-hydrogen) atoms. The van der Waals surface area contributed by atoms with E-state index in [1.165, 1.54) is 6.07 Å². The van der Waals surface area contributed by atoms with E-state index >= 15 is 0 Å². The maximum atomic E-state index is 13.0.